The maximum Gasteiger partial charge on any atom is 0.416 e. The zero-order chi connectivity index (χ0) is 25.8. The number of benzene rings is 1. The number of rotatable bonds is 6. The van der Waals surface area contributed by atoms with Crippen molar-refractivity contribution in [2.75, 3.05) is 32.7 Å². The Hall–Kier alpha value is -2.30. The van der Waals surface area contributed by atoms with Crippen molar-refractivity contribution < 1.29 is 35.9 Å². The van der Waals surface area contributed by atoms with Crippen LogP contribution in [0.25, 0.3) is 0 Å². The normalized spacial score (nSPS) is 20.7. The van der Waals surface area contributed by atoms with Crippen LogP contribution in [0.5, 0.6) is 0 Å². The summed E-state index contributed by atoms with van der Waals surface area (Å²) >= 11 is 0. The van der Waals surface area contributed by atoms with Gasteiger partial charge in [0, 0.05) is 31.2 Å². The Kier molecular flexibility index (Phi) is 8.72. The second-order valence-corrected chi connectivity index (χ2v) is 9.36. The highest BCUT2D eigenvalue weighted by atomic mass is 19.4. The number of carbonyl (C=O) groups is 2. The molecular formula is C24H31F6N3O2. The van der Waals surface area contributed by atoms with E-state index in [1.165, 1.54) is 6.42 Å². The van der Waals surface area contributed by atoms with Crippen molar-refractivity contribution in [1.82, 2.24) is 15.1 Å². The Balaban J connectivity index is 1.52. The molecule has 2 heterocycles. The van der Waals surface area contributed by atoms with E-state index in [1.807, 2.05) is 0 Å². The van der Waals surface area contributed by atoms with Gasteiger partial charge in [0.2, 0.25) is 5.91 Å². The first kappa shape index (κ1) is 27.3. The second-order valence-electron chi connectivity index (χ2n) is 9.36. The van der Waals surface area contributed by atoms with Crippen LogP contribution in [-0.4, -0.2) is 60.4 Å². The quantitative estimate of drug-likeness (QED) is 0.554. The molecule has 2 aliphatic rings. The van der Waals surface area contributed by atoms with Crippen molar-refractivity contribution in [2.24, 2.45) is 5.92 Å². The summed E-state index contributed by atoms with van der Waals surface area (Å²) in [4.78, 5) is 29.2. The molecule has 11 heteroatoms. The summed E-state index contributed by atoms with van der Waals surface area (Å²) < 4.78 is 78.2. The highest BCUT2D eigenvalue weighted by molar-refractivity contribution is 5.94. The minimum absolute atomic E-state index is 0.00385. The number of piperidine rings is 2. The van der Waals surface area contributed by atoms with Crippen molar-refractivity contribution in [2.45, 2.75) is 63.8 Å². The molecular weight excluding hydrogens is 476 g/mol. The molecule has 1 unspecified atom stereocenters. The summed E-state index contributed by atoms with van der Waals surface area (Å²) in [6, 6.07) is 1.27. The first-order valence-corrected chi connectivity index (χ1v) is 12.0. The smallest absolute Gasteiger partial charge is 0.352 e. The fraction of sp³-hybridized carbons (Fsp3) is 0.667. The molecule has 2 amide bonds. The minimum Gasteiger partial charge on any atom is -0.352 e. The van der Waals surface area contributed by atoms with Gasteiger partial charge in [0.1, 0.15) is 0 Å². The number of nitrogens with one attached hydrogen (secondary N) is 1. The molecule has 3 rings (SSSR count). The number of hydrogen-bond donors (Lipinski definition) is 1. The van der Waals surface area contributed by atoms with Gasteiger partial charge in [-0.05, 0) is 62.8 Å². The highest BCUT2D eigenvalue weighted by Crippen LogP contribution is 2.36. The molecule has 5 nitrogen and oxygen atoms in total. The van der Waals surface area contributed by atoms with Gasteiger partial charge in [0.15, 0.2) is 0 Å². The monoisotopic (exact) mass is 507 g/mol. The largest absolute Gasteiger partial charge is 0.416 e. The summed E-state index contributed by atoms with van der Waals surface area (Å²) in [5.41, 5.74) is -3.74. The topological polar surface area (TPSA) is 52.7 Å². The summed E-state index contributed by atoms with van der Waals surface area (Å²) in [5.74, 6) is -0.943. The number of likely N-dealkylation sites (tertiary alicyclic amines) is 2. The van der Waals surface area contributed by atoms with E-state index < -0.39 is 35.0 Å². The average Bonchev–Trinajstić information content (AvgIpc) is 2.81. The van der Waals surface area contributed by atoms with Gasteiger partial charge in [-0.15, -0.1) is 0 Å². The third kappa shape index (κ3) is 7.35. The molecule has 0 spiro atoms. The molecule has 2 aliphatic heterocycles. The number of carbonyl (C=O) groups excluding carboxylic acids is 2. The van der Waals surface area contributed by atoms with E-state index in [1.54, 1.807) is 4.90 Å². The lowest BCUT2D eigenvalue weighted by Crippen LogP contribution is -2.49. The van der Waals surface area contributed by atoms with E-state index in [2.05, 4.69) is 17.1 Å². The number of nitrogens with zero attached hydrogens (tertiary/aromatic N) is 2. The van der Waals surface area contributed by atoms with Crippen LogP contribution >= 0.6 is 0 Å². The first-order valence-electron chi connectivity index (χ1n) is 12.0. The lowest BCUT2D eigenvalue weighted by Gasteiger charge is -2.38. The molecule has 0 saturated carbocycles. The van der Waals surface area contributed by atoms with Gasteiger partial charge in [-0.3, -0.25) is 14.5 Å². The van der Waals surface area contributed by atoms with Crippen LogP contribution in [0.1, 0.15) is 66.9 Å². The Bertz CT molecular complexity index is 862. The van der Waals surface area contributed by atoms with Crippen molar-refractivity contribution in [1.29, 1.82) is 0 Å². The van der Waals surface area contributed by atoms with E-state index in [4.69, 9.17) is 0 Å². The van der Waals surface area contributed by atoms with E-state index >= 15 is 0 Å². The van der Waals surface area contributed by atoms with Gasteiger partial charge in [-0.1, -0.05) is 13.3 Å². The molecule has 1 atom stereocenters. The molecule has 2 saturated heterocycles. The molecule has 0 radical (unpaired) electrons. The van der Waals surface area contributed by atoms with E-state index in [0.29, 0.717) is 50.7 Å². The zero-order valence-corrected chi connectivity index (χ0v) is 19.6. The summed E-state index contributed by atoms with van der Waals surface area (Å²) in [7, 11) is 0. The Morgan fingerprint density at radius 1 is 0.914 bits per heavy atom. The maximum atomic E-state index is 13.0. The summed E-state index contributed by atoms with van der Waals surface area (Å²) in [6.45, 7) is 4.55. The van der Waals surface area contributed by atoms with Crippen LogP contribution in [0.15, 0.2) is 18.2 Å². The van der Waals surface area contributed by atoms with Crippen molar-refractivity contribution in [3.63, 3.8) is 0 Å². The van der Waals surface area contributed by atoms with Gasteiger partial charge in [0.05, 0.1) is 17.7 Å². The van der Waals surface area contributed by atoms with Crippen molar-refractivity contribution in [3.8, 4) is 0 Å². The molecule has 0 aliphatic carbocycles. The SMILES string of the molecule is CCC1CCCCN1CC(=O)N1CCC(CNC(=O)c2cc(C(F)(F)F)cc(C(F)(F)F)c2)CC1. The van der Waals surface area contributed by atoms with Gasteiger partial charge in [0.25, 0.3) is 5.91 Å². The number of hydrogen-bond acceptors (Lipinski definition) is 3. The van der Waals surface area contributed by atoms with Crippen LogP contribution in [0.2, 0.25) is 0 Å². The van der Waals surface area contributed by atoms with Crippen LogP contribution < -0.4 is 5.32 Å². The van der Waals surface area contributed by atoms with Crippen LogP contribution in [0.3, 0.4) is 0 Å². The highest BCUT2D eigenvalue weighted by Gasteiger charge is 2.37. The fourth-order valence-corrected chi connectivity index (χ4v) is 4.82. The molecule has 0 bridgehead atoms. The molecule has 1 aromatic rings. The van der Waals surface area contributed by atoms with E-state index in [-0.39, 0.29) is 24.4 Å². The Morgan fingerprint density at radius 2 is 1.51 bits per heavy atom. The molecule has 1 aromatic carbocycles. The molecule has 196 valence electrons. The van der Waals surface area contributed by atoms with Gasteiger partial charge >= 0.3 is 12.4 Å². The van der Waals surface area contributed by atoms with Crippen LogP contribution in [-0.2, 0) is 17.1 Å². The first-order chi connectivity index (χ1) is 16.4. The van der Waals surface area contributed by atoms with Gasteiger partial charge in [-0.2, -0.15) is 26.3 Å². The molecule has 1 N–H and O–H groups in total. The fourth-order valence-electron chi connectivity index (χ4n) is 4.82. The zero-order valence-electron chi connectivity index (χ0n) is 19.6. The predicted octanol–water partition coefficient (Wildman–Crippen LogP) is 4.96. The van der Waals surface area contributed by atoms with Crippen molar-refractivity contribution >= 4 is 11.8 Å². The standard InChI is InChI=1S/C24H31F6N3O2/c1-2-20-5-3-4-8-33(20)15-21(34)32-9-6-16(7-10-32)14-31-22(35)17-11-18(23(25,26)27)13-19(12-17)24(28,29)30/h11-13,16,20H,2-10,14-15H2,1H3,(H,31,35). The lowest BCUT2D eigenvalue weighted by molar-refractivity contribution is -0.143. The Morgan fingerprint density at radius 3 is 2.06 bits per heavy atom. The number of alkyl halides is 6. The van der Waals surface area contributed by atoms with E-state index in [0.717, 1.165) is 25.8 Å². The molecule has 2 fully saturated rings. The predicted molar refractivity (Wildman–Crippen MR) is 118 cm³/mol. The maximum absolute atomic E-state index is 13.0. The molecule has 35 heavy (non-hydrogen) atoms. The number of amides is 2. The van der Waals surface area contributed by atoms with Crippen LogP contribution in [0.4, 0.5) is 26.3 Å². The average molecular weight is 508 g/mol. The van der Waals surface area contributed by atoms with E-state index in [9.17, 15) is 35.9 Å². The lowest BCUT2D eigenvalue weighted by atomic mass is 9.96. The minimum atomic E-state index is -5.01. The summed E-state index contributed by atoms with van der Waals surface area (Å²) in [6.07, 6.45) is -4.46. The summed E-state index contributed by atoms with van der Waals surface area (Å²) in [5, 5.41) is 2.46. The Labute approximate surface area is 200 Å². The second kappa shape index (κ2) is 11.2. The van der Waals surface area contributed by atoms with Crippen molar-refractivity contribution in [3.05, 3.63) is 34.9 Å². The third-order valence-electron chi connectivity index (χ3n) is 6.93. The number of halogens is 6. The molecule has 0 aromatic heterocycles. The third-order valence-corrected chi connectivity index (χ3v) is 6.93. The van der Waals surface area contributed by atoms with Gasteiger partial charge < -0.3 is 10.2 Å². The van der Waals surface area contributed by atoms with Gasteiger partial charge in [-0.25, -0.2) is 0 Å². The van der Waals surface area contributed by atoms with Crippen LogP contribution in [0, 0.1) is 5.92 Å².